The molecule has 1 amide bonds. The van der Waals surface area contributed by atoms with Gasteiger partial charge in [-0.2, -0.15) is 0 Å². The van der Waals surface area contributed by atoms with Crippen LogP contribution in [0, 0.1) is 0 Å². The highest BCUT2D eigenvalue weighted by Crippen LogP contribution is 2.29. The molecule has 0 bridgehead atoms. The zero-order valence-corrected chi connectivity index (χ0v) is 15.1. The Labute approximate surface area is 151 Å². The van der Waals surface area contributed by atoms with Crippen LogP contribution in [-0.2, 0) is 0 Å². The molecule has 5 heteroatoms. The largest absolute Gasteiger partial charge is 0.497 e. The first-order chi connectivity index (χ1) is 12.2. The van der Waals surface area contributed by atoms with Crippen molar-refractivity contribution in [2.75, 3.05) is 18.6 Å². The average molecular weight is 352 g/mol. The molecule has 0 spiro atoms. The summed E-state index contributed by atoms with van der Waals surface area (Å²) >= 11 is 1.49. The summed E-state index contributed by atoms with van der Waals surface area (Å²) in [6.07, 6.45) is 0.857. The number of thiazole rings is 1. The van der Waals surface area contributed by atoms with Gasteiger partial charge in [-0.3, -0.25) is 9.69 Å². The average Bonchev–Trinajstić information content (AvgIpc) is 3.16. The van der Waals surface area contributed by atoms with Crippen LogP contribution in [0.15, 0.2) is 60.0 Å². The van der Waals surface area contributed by atoms with Gasteiger partial charge < -0.3 is 4.74 Å². The van der Waals surface area contributed by atoms with E-state index in [2.05, 4.69) is 11.9 Å². The van der Waals surface area contributed by atoms with Crippen molar-refractivity contribution in [1.29, 1.82) is 0 Å². The van der Waals surface area contributed by atoms with Crippen molar-refractivity contribution in [3.05, 3.63) is 65.5 Å². The molecule has 3 aromatic rings. The standard InChI is InChI=1S/C20H20N2O2S/c1-3-12-22(19(23)16-10-7-11-17(13-16)24-2)20-21-18(14-25-20)15-8-5-4-6-9-15/h4-11,13-14H,3,12H2,1-2H3. The van der Waals surface area contributed by atoms with Crippen LogP contribution in [0.25, 0.3) is 11.3 Å². The summed E-state index contributed by atoms with van der Waals surface area (Å²) in [4.78, 5) is 19.4. The van der Waals surface area contributed by atoms with Crippen molar-refractivity contribution in [2.45, 2.75) is 13.3 Å². The normalized spacial score (nSPS) is 10.5. The van der Waals surface area contributed by atoms with Crippen molar-refractivity contribution in [2.24, 2.45) is 0 Å². The van der Waals surface area contributed by atoms with Crippen LogP contribution >= 0.6 is 11.3 Å². The van der Waals surface area contributed by atoms with Gasteiger partial charge in [-0.05, 0) is 24.6 Å². The second kappa shape index (κ2) is 7.94. The predicted molar refractivity (Wildman–Crippen MR) is 103 cm³/mol. The minimum absolute atomic E-state index is 0.0605. The number of hydrogen-bond donors (Lipinski definition) is 0. The molecule has 0 unspecified atom stereocenters. The number of carbonyl (C=O) groups excluding carboxylic acids is 1. The molecule has 0 atom stereocenters. The van der Waals surface area contributed by atoms with E-state index in [4.69, 9.17) is 4.74 Å². The van der Waals surface area contributed by atoms with Gasteiger partial charge in [0.1, 0.15) is 5.75 Å². The number of ether oxygens (including phenoxy) is 1. The lowest BCUT2D eigenvalue weighted by atomic mass is 10.2. The highest BCUT2D eigenvalue weighted by Gasteiger charge is 2.20. The van der Waals surface area contributed by atoms with Crippen LogP contribution in [0.2, 0.25) is 0 Å². The Bertz CT molecular complexity index is 846. The first-order valence-corrected chi connectivity index (χ1v) is 9.07. The highest BCUT2D eigenvalue weighted by atomic mass is 32.1. The van der Waals surface area contributed by atoms with Crippen LogP contribution in [0.3, 0.4) is 0 Å². The smallest absolute Gasteiger partial charge is 0.260 e. The number of amides is 1. The van der Waals surface area contributed by atoms with Gasteiger partial charge in [0, 0.05) is 23.1 Å². The number of nitrogens with zero attached hydrogens (tertiary/aromatic N) is 2. The molecule has 0 N–H and O–H groups in total. The van der Waals surface area contributed by atoms with E-state index in [1.54, 1.807) is 24.1 Å². The maximum Gasteiger partial charge on any atom is 0.260 e. The molecule has 2 aromatic carbocycles. The van der Waals surface area contributed by atoms with Crippen LogP contribution in [-0.4, -0.2) is 24.5 Å². The SMILES string of the molecule is CCCN(C(=O)c1cccc(OC)c1)c1nc(-c2ccccc2)cs1. The van der Waals surface area contributed by atoms with E-state index in [1.165, 1.54) is 11.3 Å². The van der Waals surface area contributed by atoms with Crippen LogP contribution in [0.5, 0.6) is 5.75 Å². The van der Waals surface area contributed by atoms with Gasteiger partial charge in [0.25, 0.3) is 5.91 Å². The van der Waals surface area contributed by atoms with Crippen molar-refractivity contribution in [3.8, 4) is 17.0 Å². The van der Waals surface area contributed by atoms with E-state index in [0.29, 0.717) is 23.0 Å². The molecule has 25 heavy (non-hydrogen) atoms. The fourth-order valence-electron chi connectivity index (χ4n) is 2.55. The highest BCUT2D eigenvalue weighted by molar-refractivity contribution is 7.14. The molecule has 0 saturated heterocycles. The number of benzene rings is 2. The summed E-state index contributed by atoms with van der Waals surface area (Å²) < 4.78 is 5.23. The van der Waals surface area contributed by atoms with Gasteiger partial charge in [0.05, 0.1) is 12.8 Å². The quantitative estimate of drug-likeness (QED) is 0.635. The van der Waals surface area contributed by atoms with E-state index >= 15 is 0 Å². The maximum absolute atomic E-state index is 13.0. The van der Waals surface area contributed by atoms with Gasteiger partial charge >= 0.3 is 0 Å². The third-order valence-electron chi connectivity index (χ3n) is 3.80. The molecule has 0 saturated carbocycles. The van der Waals surface area contributed by atoms with Gasteiger partial charge in [0.2, 0.25) is 0 Å². The first kappa shape index (κ1) is 17.2. The lowest BCUT2D eigenvalue weighted by Gasteiger charge is -2.19. The third-order valence-corrected chi connectivity index (χ3v) is 4.67. The van der Waals surface area contributed by atoms with Gasteiger partial charge in [-0.15, -0.1) is 11.3 Å². The fourth-order valence-corrected chi connectivity index (χ4v) is 3.41. The Morgan fingerprint density at radius 2 is 1.96 bits per heavy atom. The van der Waals surface area contributed by atoms with Crippen molar-refractivity contribution in [1.82, 2.24) is 4.98 Å². The zero-order chi connectivity index (χ0) is 17.6. The molecule has 0 radical (unpaired) electrons. The van der Waals surface area contributed by atoms with Crippen LogP contribution in [0.4, 0.5) is 5.13 Å². The predicted octanol–water partition coefficient (Wildman–Crippen LogP) is 4.88. The Morgan fingerprint density at radius 3 is 2.68 bits per heavy atom. The lowest BCUT2D eigenvalue weighted by Crippen LogP contribution is -2.31. The Hall–Kier alpha value is -2.66. The minimum Gasteiger partial charge on any atom is -0.497 e. The molecule has 128 valence electrons. The monoisotopic (exact) mass is 352 g/mol. The summed E-state index contributed by atoms with van der Waals surface area (Å²) in [7, 11) is 1.60. The van der Waals surface area contributed by atoms with Crippen molar-refractivity contribution < 1.29 is 9.53 Å². The summed E-state index contributed by atoms with van der Waals surface area (Å²) in [6, 6.07) is 17.2. The van der Waals surface area contributed by atoms with E-state index in [0.717, 1.165) is 17.7 Å². The third kappa shape index (κ3) is 3.88. The lowest BCUT2D eigenvalue weighted by molar-refractivity contribution is 0.0986. The summed E-state index contributed by atoms with van der Waals surface area (Å²) in [5.41, 5.74) is 2.54. The number of methoxy groups -OCH3 is 1. The Kier molecular flexibility index (Phi) is 5.46. The van der Waals surface area contributed by atoms with Crippen molar-refractivity contribution in [3.63, 3.8) is 0 Å². The van der Waals surface area contributed by atoms with E-state index < -0.39 is 0 Å². The fraction of sp³-hybridized carbons (Fsp3) is 0.200. The number of hydrogen-bond acceptors (Lipinski definition) is 4. The molecule has 0 fully saturated rings. The first-order valence-electron chi connectivity index (χ1n) is 8.19. The molecule has 4 nitrogen and oxygen atoms in total. The number of anilines is 1. The van der Waals surface area contributed by atoms with E-state index in [9.17, 15) is 4.79 Å². The summed E-state index contributed by atoms with van der Waals surface area (Å²) in [5, 5.41) is 2.71. The molecule has 0 aliphatic heterocycles. The molecular weight excluding hydrogens is 332 g/mol. The van der Waals surface area contributed by atoms with Gasteiger partial charge in [-0.1, -0.05) is 43.3 Å². The number of carbonyl (C=O) groups is 1. The molecule has 3 rings (SSSR count). The molecule has 0 aliphatic rings. The molecule has 0 aliphatic carbocycles. The van der Waals surface area contributed by atoms with Crippen molar-refractivity contribution >= 4 is 22.4 Å². The maximum atomic E-state index is 13.0. The summed E-state index contributed by atoms with van der Waals surface area (Å²) in [6.45, 7) is 2.68. The van der Waals surface area contributed by atoms with E-state index in [1.807, 2.05) is 47.8 Å². The number of aromatic nitrogens is 1. The Morgan fingerprint density at radius 1 is 1.16 bits per heavy atom. The number of rotatable bonds is 6. The zero-order valence-electron chi connectivity index (χ0n) is 14.3. The molecular formula is C20H20N2O2S. The second-order valence-corrected chi connectivity index (χ2v) is 6.41. The van der Waals surface area contributed by atoms with Crippen LogP contribution in [0.1, 0.15) is 23.7 Å². The minimum atomic E-state index is -0.0605. The second-order valence-electron chi connectivity index (χ2n) is 5.57. The van der Waals surface area contributed by atoms with Gasteiger partial charge in [-0.25, -0.2) is 4.98 Å². The van der Waals surface area contributed by atoms with Gasteiger partial charge in [0.15, 0.2) is 5.13 Å². The molecule has 1 aromatic heterocycles. The van der Waals surface area contributed by atoms with E-state index in [-0.39, 0.29) is 5.91 Å². The van der Waals surface area contributed by atoms with Crippen LogP contribution < -0.4 is 9.64 Å². The molecule has 1 heterocycles. The topological polar surface area (TPSA) is 42.4 Å². The summed E-state index contributed by atoms with van der Waals surface area (Å²) in [5.74, 6) is 0.612. The Balaban J connectivity index is 1.90.